The van der Waals surface area contributed by atoms with Crippen molar-refractivity contribution in [2.75, 3.05) is 0 Å². The summed E-state index contributed by atoms with van der Waals surface area (Å²) in [6.07, 6.45) is 4.58. The van der Waals surface area contributed by atoms with Crippen molar-refractivity contribution < 1.29 is 0 Å². The van der Waals surface area contributed by atoms with E-state index >= 15 is 0 Å². The third-order valence-corrected chi connectivity index (χ3v) is 3.69. The molecule has 0 unspecified atom stereocenters. The van der Waals surface area contributed by atoms with Crippen LogP contribution in [0.2, 0.25) is 0 Å². The SMILES string of the molecule is C1=CC1C1P=P1. The van der Waals surface area contributed by atoms with E-state index < -0.39 is 0 Å². The lowest BCUT2D eigenvalue weighted by Gasteiger charge is -1.79. The molecular formula is C4H4P2. The van der Waals surface area contributed by atoms with Gasteiger partial charge in [-0.3, -0.25) is 0 Å². The number of hydrogen-bond donors (Lipinski definition) is 0. The van der Waals surface area contributed by atoms with Gasteiger partial charge in [0.25, 0.3) is 0 Å². The maximum absolute atomic E-state index is 2.29. The molecule has 0 bridgehead atoms. The van der Waals surface area contributed by atoms with Crippen molar-refractivity contribution >= 4 is 15.7 Å². The Balaban J connectivity index is 1.97. The van der Waals surface area contributed by atoms with Gasteiger partial charge in [-0.2, -0.15) is 0 Å². The van der Waals surface area contributed by atoms with Crippen LogP contribution >= 0.6 is 15.7 Å². The standard InChI is InChI=1S/C4H4P2/c1-2-3(1)4-5-6-4/h1-4H. The lowest BCUT2D eigenvalue weighted by atomic mass is 10.4. The zero-order valence-corrected chi connectivity index (χ0v) is 4.99. The quantitative estimate of drug-likeness (QED) is 0.362. The summed E-state index contributed by atoms with van der Waals surface area (Å²) >= 11 is 0. The molecule has 0 aromatic rings. The van der Waals surface area contributed by atoms with E-state index in [-0.39, 0.29) is 0 Å². The van der Waals surface area contributed by atoms with Gasteiger partial charge in [0.2, 0.25) is 0 Å². The van der Waals surface area contributed by atoms with Crippen molar-refractivity contribution in [2.24, 2.45) is 5.92 Å². The molecule has 2 rings (SSSR count). The van der Waals surface area contributed by atoms with Gasteiger partial charge in [-0.15, -0.1) is 0 Å². The van der Waals surface area contributed by atoms with Crippen LogP contribution in [0, 0.1) is 5.92 Å². The Hall–Kier alpha value is 0.340. The van der Waals surface area contributed by atoms with Gasteiger partial charge in [0.1, 0.15) is 0 Å². The zero-order valence-electron chi connectivity index (χ0n) is 3.20. The van der Waals surface area contributed by atoms with E-state index in [2.05, 4.69) is 12.2 Å². The zero-order chi connectivity index (χ0) is 3.98. The molecule has 0 saturated carbocycles. The van der Waals surface area contributed by atoms with Crippen LogP contribution in [0.1, 0.15) is 0 Å². The Bertz CT molecular complexity index is 97.5. The van der Waals surface area contributed by atoms with E-state index in [1.165, 1.54) is 0 Å². The minimum atomic E-state index is 0.938. The van der Waals surface area contributed by atoms with Crippen LogP contribution in [0.4, 0.5) is 0 Å². The van der Waals surface area contributed by atoms with Crippen LogP contribution in [-0.2, 0) is 0 Å². The molecule has 1 aliphatic heterocycles. The largest absolute Gasteiger partial charge is 0.0793 e. The first-order chi connectivity index (χ1) is 2.97. The minimum absolute atomic E-state index is 0.938. The van der Waals surface area contributed by atoms with Gasteiger partial charge in [0.05, 0.1) is 5.40 Å². The maximum atomic E-state index is 2.29. The Morgan fingerprint density at radius 3 is 2.00 bits per heavy atom. The summed E-state index contributed by atoms with van der Waals surface area (Å²) in [6, 6.07) is 0. The molecule has 0 aromatic heterocycles. The van der Waals surface area contributed by atoms with E-state index in [1.807, 2.05) is 0 Å². The Morgan fingerprint density at radius 1 is 1.17 bits per heavy atom. The molecule has 0 radical (unpaired) electrons. The van der Waals surface area contributed by atoms with Gasteiger partial charge in [-0.05, 0) is 0 Å². The first-order valence-corrected chi connectivity index (χ1v) is 4.68. The monoisotopic (exact) mass is 114 g/mol. The number of rotatable bonds is 1. The van der Waals surface area contributed by atoms with Gasteiger partial charge in [-0.1, -0.05) is 27.9 Å². The topological polar surface area (TPSA) is 0 Å². The second kappa shape index (κ2) is 0.941. The van der Waals surface area contributed by atoms with Crippen LogP contribution in [0.15, 0.2) is 12.2 Å². The van der Waals surface area contributed by atoms with Crippen LogP contribution < -0.4 is 0 Å². The fourth-order valence-electron chi connectivity index (χ4n) is 0.455. The molecule has 6 heavy (non-hydrogen) atoms. The van der Waals surface area contributed by atoms with Crippen molar-refractivity contribution in [1.29, 1.82) is 0 Å². The first-order valence-electron chi connectivity index (χ1n) is 2.05. The lowest BCUT2D eigenvalue weighted by molar-refractivity contribution is 1.07. The second-order valence-electron chi connectivity index (χ2n) is 1.61. The normalized spacial score (nSPS) is 43.0. The second-order valence-corrected chi connectivity index (χ2v) is 4.97. The summed E-state index contributed by atoms with van der Waals surface area (Å²) in [5.74, 6) is 0.938. The highest BCUT2D eigenvalue weighted by Gasteiger charge is 2.27. The Kier molecular flexibility index (Phi) is 0.526. The van der Waals surface area contributed by atoms with E-state index in [4.69, 9.17) is 0 Å². The van der Waals surface area contributed by atoms with Gasteiger partial charge < -0.3 is 0 Å². The predicted molar refractivity (Wildman–Crippen MR) is 30.3 cm³/mol. The molecule has 2 aliphatic rings. The average molecular weight is 114 g/mol. The molecule has 0 N–H and O–H groups in total. The Morgan fingerprint density at radius 2 is 1.83 bits per heavy atom. The van der Waals surface area contributed by atoms with E-state index in [9.17, 15) is 0 Å². The van der Waals surface area contributed by atoms with E-state index in [1.54, 1.807) is 15.7 Å². The molecule has 0 spiro atoms. The molecule has 2 heteroatoms. The van der Waals surface area contributed by atoms with Gasteiger partial charge >= 0.3 is 0 Å². The summed E-state index contributed by atoms with van der Waals surface area (Å²) in [5.41, 5.74) is 0. The molecule has 0 aromatic carbocycles. The van der Waals surface area contributed by atoms with Crippen LogP contribution in [0.25, 0.3) is 0 Å². The van der Waals surface area contributed by atoms with Gasteiger partial charge in [0, 0.05) is 5.92 Å². The molecule has 0 fully saturated rings. The van der Waals surface area contributed by atoms with Gasteiger partial charge in [0.15, 0.2) is 0 Å². The summed E-state index contributed by atoms with van der Waals surface area (Å²) in [5, 5.41) is 1.05. The number of allylic oxidation sites excluding steroid dienone is 2. The highest BCUT2D eigenvalue weighted by atomic mass is 31.8. The molecule has 0 amide bonds. The van der Waals surface area contributed by atoms with Crippen molar-refractivity contribution in [2.45, 2.75) is 5.40 Å². The summed E-state index contributed by atoms with van der Waals surface area (Å²) in [7, 11) is 3.33. The van der Waals surface area contributed by atoms with Crippen LogP contribution in [-0.4, -0.2) is 5.40 Å². The predicted octanol–water partition coefficient (Wildman–Crippen LogP) is 2.32. The minimum Gasteiger partial charge on any atom is -0.0793 e. The molecule has 0 atom stereocenters. The van der Waals surface area contributed by atoms with Crippen molar-refractivity contribution in [3.63, 3.8) is 0 Å². The maximum Gasteiger partial charge on any atom is 0.0605 e. The van der Waals surface area contributed by atoms with Gasteiger partial charge in [-0.25, -0.2) is 0 Å². The van der Waals surface area contributed by atoms with E-state index in [0.717, 1.165) is 11.3 Å². The van der Waals surface area contributed by atoms with Crippen molar-refractivity contribution in [3.05, 3.63) is 12.2 Å². The van der Waals surface area contributed by atoms with Crippen molar-refractivity contribution in [1.82, 2.24) is 0 Å². The van der Waals surface area contributed by atoms with E-state index in [0.29, 0.717) is 0 Å². The molecule has 30 valence electrons. The number of hydrogen-bond acceptors (Lipinski definition) is 0. The first kappa shape index (κ1) is 3.36. The summed E-state index contributed by atoms with van der Waals surface area (Å²) < 4.78 is 0. The molecule has 0 saturated heterocycles. The molecule has 1 aliphatic carbocycles. The van der Waals surface area contributed by atoms with Crippen LogP contribution in [0.3, 0.4) is 0 Å². The third-order valence-electron chi connectivity index (χ3n) is 1.01. The Labute approximate surface area is 40.1 Å². The highest BCUT2D eigenvalue weighted by molar-refractivity contribution is 8.02. The molecule has 0 nitrogen and oxygen atoms in total. The lowest BCUT2D eigenvalue weighted by Crippen LogP contribution is -1.78. The third kappa shape index (κ3) is 0.453. The summed E-state index contributed by atoms with van der Waals surface area (Å²) in [4.78, 5) is 0. The fourth-order valence-corrected chi connectivity index (χ4v) is 2.39. The average Bonchev–Trinajstić information content (AvgIpc) is 2.26. The van der Waals surface area contributed by atoms with Crippen LogP contribution in [0.5, 0.6) is 0 Å². The summed E-state index contributed by atoms with van der Waals surface area (Å²) in [6.45, 7) is 0. The molecule has 1 heterocycles. The highest BCUT2D eigenvalue weighted by Crippen LogP contribution is 2.56. The van der Waals surface area contributed by atoms with Crippen molar-refractivity contribution in [3.8, 4) is 0 Å². The molecular weight excluding hydrogens is 110 g/mol. The smallest absolute Gasteiger partial charge is 0.0605 e. The fraction of sp³-hybridized carbons (Fsp3) is 0.500.